The Kier molecular flexibility index (Phi) is 4.72. The van der Waals surface area contributed by atoms with Crippen molar-refractivity contribution in [2.45, 2.75) is 37.8 Å². The number of sulfone groups is 1. The van der Waals surface area contributed by atoms with E-state index in [1.807, 2.05) is 0 Å². The highest BCUT2D eigenvalue weighted by atomic mass is 32.2. The van der Waals surface area contributed by atoms with Crippen molar-refractivity contribution in [3.63, 3.8) is 0 Å². The Balaban J connectivity index is 1.49. The number of amides is 2. The van der Waals surface area contributed by atoms with Crippen LogP contribution in [0.5, 0.6) is 0 Å². The number of hydrogen-bond acceptors (Lipinski definition) is 7. The van der Waals surface area contributed by atoms with E-state index in [0.717, 1.165) is 48.5 Å². The molecule has 0 bridgehead atoms. The molecule has 9 nitrogen and oxygen atoms in total. The number of nitrogens with one attached hydrogen (secondary N) is 3. The molecule has 2 aromatic heterocycles. The van der Waals surface area contributed by atoms with Crippen LogP contribution >= 0.6 is 11.5 Å². The third kappa shape index (κ3) is 3.74. The van der Waals surface area contributed by atoms with Gasteiger partial charge in [-0.2, -0.15) is 5.10 Å². The average molecular weight is 409 g/mol. The smallest absolute Gasteiger partial charge is 0.272 e. The maximum absolute atomic E-state index is 12.7. The molecular formula is C16H19N5O4S2. The SMILES string of the molecule is O=C(N[C@@H]1CS(=O)(=O)C[C@H]1NC(=O)c1n[nH]c2c1CCCC2)c1cnsc1. The molecule has 0 radical (unpaired) electrons. The van der Waals surface area contributed by atoms with Crippen LogP contribution < -0.4 is 10.6 Å². The van der Waals surface area contributed by atoms with E-state index in [2.05, 4.69) is 25.2 Å². The molecule has 1 aliphatic carbocycles. The van der Waals surface area contributed by atoms with Crippen LogP contribution in [0.1, 0.15) is 44.9 Å². The predicted octanol–water partition coefficient (Wildman–Crippen LogP) is 0.0704. The number of fused-ring (bicyclic) bond motifs is 1. The predicted molar refractivity (Wildman–Crippen MR) is 98.5 cm³/mol. The molecule has 1 fully saturated rings. The first kappa shape index (κ1) is 18.1. The minimum absolute atomic E-state index is 0.208. The summed E-state index contributed by atoms with van der Waals surface area (Å²) in [7, 11) is -3.36. The molecule has 144 valence electrons. The van der Waals surface area contributed by atoms with Gasteiger partial charge in [0.25, 0.3) is 11.8 Å². The number of rotatable bonds is 4. The van der Waals surface area contributed by atoms with Crippen molar-refractivity contribution in [3.8, 4) is 0 Å². The average Bonchev–Trinajstić information content (AvgIpc) is 3.34. The van der Waals surface area contributed by atoms with E-state index >= 15 is 0 Å². The van der Waals surface area contributed by atoms with Gasteiger partial charge in [-0.15, -0.1) is 0 Å². The van der Waals surface area contributed by atoms with E-state index in [9.17, 15) is 18.0 Å². The van der Waals surface area contributed by atoms with Gasteiger partial charge in [-0.05, 0) is 37.2 Å². The van der Waals surface area contributed by atoms with Crippen LogP contribution in [0.4, 0.5) is 0 Å². The van der Waals surface area contributed by atoms with E-state index in [4.69, 9.17) is 0 Å². The Labute approximate surface area is 160 Å². The Morgan fingerprint density at radius 1 is 1.11 bits per heavy atom. The molecule has 11 heteroatoms. The number of H-pyrrole nitrogens is 1. The van der Waals surface area contributed by atoms with Gasteiger partial charge in [-0.1, -0.05) is 0 Å². The van der Waals surface area contributed by atoms with E-state index in [1.165, 1.54) is 6.20 Å². The number of aryl methyl sites for hydroxylation is 1. The Morgan fingerprint density at radius 3 is 2.52 bits per heavy atom. The third-order valence-electron chi connectivity index (χ3n) is 4.95. The van der Waals surface area contributed by atoms with E-state index < -0.39 is 33.7 Å². The molecule has 3 N–H and O–H groups in total. The first-order valence-electron chi connectivity index (χ1n) is 8.70. The molecular weight excluding hydrogens is 390 g/mol. The normalized spacial score (nSPS) is 23.6. The van der Waals surface area contributed by atoms with Crippen LogP contribution in [0.3, 0.4) is 0 Å². The van der Waals surface area contributed by atoms with E-state index in [-0.39, 0.29) is 11.5 Å². The maximum Gasteiger partial charge on any atom is 0.272 e. The summed E-state index contributed by atoms with van der Waals surface area (Å²) in [5, 5.41) is 14.1. The second-order valence-electron chi connectivity index (χ2n) is 6.89. The van der Waals surface area contributed by atoms with Gasteiger partial charge in [0.05, 0.1) is 35.3 Å². The lowest BCUT2D eigenvalue weighted by atomic mass is 9.95. The highest BCUT2D eigenvalue weighted by molar-refractivity contribution is 7.91. The second kappa shape index (κ2) is 7.04. The minimum atomic E-state index is -3.36. The van der Waals surface area contributed by atoms with Crippen LogP contribution in [0.15, 0.2) is 11.6 Å². The van der Waals surface area contributed by atoms with Crippen LogP contribution in [0.2, 0.25) is 0 Å². The summed E-state index contributed by atoms with van der Waals surface area (Å²) >= 11 is 1.14. The molecule has 0 saturated carbocycles. The van der Waals surface area contributed by atoms with Crippen molar-refractivity contribution in [3.05, 3.63) is 34.1 Å². The summed E-state index contributed by atoms with van der Waals surface area (Å²) in [6.45, 7) is 0. The molecule has 2 aliphatic rings. The van der Waals surface area contributed by atoms with Crippen molar-refractivity contribution in [1.29, 1.82) is 0 Å². The van der Waals surface area contributed by atoms with Crippen LogP contribution in [-0.4, -0.2) is 58.4 Å². The number of aromatic amines is 1. The zero-order chi connectivity index (χ0) is 19.0. The molecule has 27 heavy (non-hydrogen) atoms. The fourth-order valence-electron chi connectivity index (χ4n) is 3.61. The Hall–Kier alpha value is -2.27. The highest BCUT2D eigenvalue weighted by Crippen LogP contribution is 2.22. The molecule has 0 unspecified atom stereocenters. The molecule has 2 atom stereocenters. The first-order chi connectivity index (χ1) is 12.9. The summed E-state index contributed by atoms with van der Waals surface area (Å²) in [5.41, 5.74) is 2.57. The van der Waals surface area contributed by atoms with Gasteiger partial charge in [0, 0.05) is 16.6 Å². The Bertz CT molecular complexity index is 967. The number of aromatic nitrogens is 3. The Morgan fingerprint density at radius 2 is 1.81 bits per heavy atom. The van der Waals surface area contributed by atoms with Crippen molar-refractivity contribution in [2.75, 3.05) is 11.5 Å². The fraction of sp³-hybridized carbons (Fsp3) is 0.500. The standard InChI is InChI=1S/C16H19N5O4S2/c22-15(9-5-17-26-6-9)18-12-7-27(24,25)8-13(12)19-16(23)14-10-3-1-2-4-11(10)20-21-14/h5-6,12-13H,1-4,7-8H2,(H,18,22)(H,19,23)(H,20,21)/t12-,13-/m1/s1. The van der Waals surface area contributed by atoms with Crippen molar-refractivity contribution in [2.24, 2.45) is 0 Å². The minimum Gasteiger partial charge on any atom is -0.346 e. The van der Waals surface area contributed by atoms with Crippen molar-refractivity contribution < 1.29 is 18.0 Å². The molecule has 4 rings (SSSR count). The lowest BCUT2D eigenvalue weighted by Gasteiger charge is -2.20. The molecule has 2 aromatic rings. The molecule has 0 aromatic carbocycles. The number of nitrogens with zero attached hydrogens (tertiary/aromatic N) is 2. The number of carbonyl (C=O) groups is 2. The summed E-state index contributed by atoms with van der Waals surface area (Å²) in [4.78, 5) is 25.0. The van der Waals surface area contributed by atoms with Crippen LogP contribution in [0, 0.1) is 0 Å². The zero-order valence-corrected chi connectivity index (χ0v) is 16.0. The summed E-state index contributed by atoms with van der Waals surface area (Å²) in [6, 6.07) is -1.39. The molecule has 1 aliphatic heterocycles. The molecule has 3 heterocycles. The third-order valence-corrected chi connectivity index (χ3v) is 7.27. The van der Waals surface area contributed by atoms with E-state index in [0.29, 0.717) is 11.3 Å². The largest absolute Gasteiger partial charge is 0.346 e. The van der Waals surface area contributed by atoms with Gasteiger partial charge in [0.2, 0.25) is 0 Å². The maximum atomic E-state index is 12.7. The summed E-state index contributed by atoms with van der Waals surface area (Å²) < 4.78 is 28.0. The summed E-state index contributed by atoms with van der Waals surface area (Å²) in [6.07, 6.45) is 5.12. The second-order valence-corrected chi connectivity index (χ2v) is 9.70. The number of hydrogen-bond donors (Lipinski definition) is 3. The van der Waals surface area contributed by atoms with Gasteiger partial charge in [0.1, 0.15) is 0 Å². The lowest BCUT2D eigenvalue weighted by Crippen LogP contribution is -2.51. The van der Waals surface area contributed by atoms with E-state index in [1.54, 1.807) is 5.38 Å². The monoisotopic (exact) mass is 409 g/mol. The van der Waals surface area contributed by atoms with Crippen LogP contribution in [-0.2, 0) is 22.7 Å². The van der Waals surface area contributed by atoms with Gasteiger partial charge in [-0.3, -0.25) is 14.7 Å². The van der Waals surface area contributed by atoms with Gasteiger partial charge >= 0.3 is 0 Å². The molecule has 1 saturated heterocycles. The van der Waals surface area contributed by atoms with Gasteiger partial charge in [-0.25, -0.2) is 12.8 Å². The highest BCUT2D eigenvalue weighted by Gasteiger charge is 2.40. The van der Waals surface area contributed by atoms with Crippen LogP contribution in [0.25, 0.3) is 0 Å². The van der Waals surface area contributed by atoms with Crippen molar-refractivity contribution in [1.82, 2.24) is 25.2 Å². The molecule has 0 spiro atoms. The topological polar surface area (TPSA) is 134 Å². The van der Waals surface area contributed by atoms with Gasteiger partial charge < -0.3 is 10.6 Å². The lowest BCUT2D eigenvalue weighted by molar-refractivity contribution is 0.0893. The quantitative estimate of drug-likeness (QED) is 0.654. The van der Waals surface area contributed by atoms with Gasteiger partial charge in [0.15, 0.2) is 15.5 Å². The fourth-order valence-corrected chi connectivity index (χ4v) is 5.98. The van der Waals surface area contributed by atoms with Crippen molar-refractivity contribution >= 4 is 33.2 Å². The molecule has 2 amide bonds. The zero-order valence-electron chi connectivity index (χ0n) is 14.4. The summed E-state index contributed by atoms with van der Waals surface area (Å²) in [5.74, 6) is -1.23. The first-order valence-corrected chi connectivity index (χ1v) is 11.4. The number of carbonyl (C=O) groups excluding carboxylic acids is 2.